The number of methoxy groups -OCH3 is 1. The first kappa shape index (κ1) is 23.6. The first-order chi connectivity index (χ1) is 15.1. The van der Waals surface area contributed by atoms with Crippen molar-refractivity contribution in [1.82, 2.24) is 4.31 Å². The van der Waals surface area contributed by atoms with E-state index in [1.54, 1.807) is 19.1 Å². The summed E-state index contributed by atoms with van der Waals surface area (Å²) in [4.78, 5) is 38.8. The predicted octanol–water partition coefficient (Wildman–Crippen LogP) is 2.90. The number of rotatable bonds is 7. The lowest BCUT2D eigenvalue weighted by atomic mass is 10.2. The molecule has 9 heteroatoms. The lowest BCUT2D eigenvalue weighted by molar-refractivity contribution is -0.122. The van der Waals surface area contributed by atoms with Crippen molar-refractivity contribution < 1.29 is 27.5 Å². The summed E-state index contributed by atoms with van der Waals surface area (Å²) < 4.78 is 32.8. The fourth-order valence-electron chi connectivity index (χ4n) is 3.67. The van der Waals surface area contributed by atoms with Gasteiger partial charge in [0.05, 0.1) is 29.7 Å². The lowest BCUT2D eigenvalue weighted by Crippen LogP contribution is -2.49. The third-order valence-electron chi connectivity index (χ3n) is 5.60. The van der Waals surface area contributed by atoms with Crippen LogP contribution in [-0.2, 0) is 24.3 Å². The summed E-state index contributed by atoms with van der Waals surface area (Å²) >= 11 is 0. The SMILES string of the molecule is CCC(C)N(C1CC(=O)N(c2ccc(C(=O)OC)cc2)C1=O)S(=O)(=O)c1ccc(C)cc1. The molecule has 2 aromatic rings. The van der Waals surface area contributed by atoms with Crippen LogP contribution in [0.1, 0.15) is 42.6 Å². The number of hydrogen-bond donors (Lipinski definition) is 0. The molecule has 1 fully saturated rings. The minimum Gasteiger partial charge on any atom is -0.465 e. The minimum absolute atomic E-state index is 0.0736. The van der Waals surface area contributed by atoms with E-state index in [0.29, 0.717) is 6.42 Å². The Morgan fingerprint density at radius 2 is 1.72 bits per heavy atom. The smallest absolute Gasteiger partial charge is 0.337 e. The molecule has 0 saturated carbocycles. The molecule has 1 heterocycles. The molecule has 0 aromatic heterocycles. The Bertz CT molecular complexity index is 1130. The Labute approximate surface area is 187 Å². The van der Waals surface area contributed by atoms with Gasteiger partial charge in [-0.05, 0) is 56.7 Å². The van der Waals surface area contributed by atoms with Gasteiger partial charge in [-0.25, -0.2) is 18.1 Å². The molecule has 1 aliphatic heterocycles. The summed E-state index contributed by atoms with van der Waals surface area (Å²) in [5.74, 6) is -1.66. The van der Waals surface area contributed by atoms with Crippen LogP contribution < -0.4 is 4.90 Å². The molecule has 1 aliphatic rings. The standard InChI is InChI=1S/C23H26N2O6S/c1-5-16(3)25(32(29,30)19-12-6-15(2)7-13-19)20-14-21(26)24(22(20)27)18-10-8-17(9-11-18)23(28)31-4/h6-13,16,20H,5,14H2,1-4H3. The fraction of sp³-hybridized carbons (Fsp3) is 0.348. The van der Waals surface area contributed by atoms with Crippen LogP contribution in [0.4, 0.5) is 5.69 Å². The van der Waals surface area contributed by atoms with Gasteiger partial charge in [0.2, 0.25) is 15.9 Å². The number of carbonyl (C=O) groups is 3. The van der Waals surface area contributed by atoms with Crippen molar-refractivity contribution in [2.45, 2.75) is 50.6 Å². The number of carbonyl (C=O) groups excluding carboxylic acids is 3. The molecule has 2 aromatic carbocycles. The highest BCUT2D eigenvalue weighted by atomic mass is 32.2. The van der Waals surface area contributed by atoms with Crippen LogP contribution in [0, 0.1) is 6.92 Å². The number of hydrogen-bond acceptors (Lipinski definition) is 6. The van der Waals surface area contributed by atoms with Crippen molar-refractivity contribution in [3.63, 3.8) is 0 Å². The van der Waals surface area contributed by atoms with Gasteiger partial charge in [-0.3, -0.25) is 9.59 Å². The summed E-state index contributed by atoms with van der Waals surface area (Å²) in [6.45, 7) is 5.40. The van der Waals surface area contributed by atoms with Crippen molar-refractivity contribution in [3.8, 4) is 0 Å². The fourth-order valence-corrected chi connectivity index (χ4v) is 5.52. The molecule has 1 saturated heterocycles. The highest BCUT2D eigenvalue weighted by Gasteiger charge is 2.48. The number of aryl methyl sites for hydroxylation is 1. The monoisotopic (exact) mass is 458 g/mol. The Kier molecular flexibility index (Phi) is 6.80. The Balaban J connectivity index is 1.97. The summed E-state index contributed by atoms with van der Waals surface area (Å²) in [7, 11) is -2.77. The summed E-state index contributed by atoms with van der Waals surface area (Å²) in [5.41, 5.74) is 1.45. The van der Waals surface area contributed by atoms with E-state index in [-0.39, 0.29) is 22.6 Å². The molecular weight excluding hydrogens is 432 g/mol. The molecule has 2 atom stereocenters. The maximum atomic E-state index is 13.5. The average Bonchev–Trinajstić information content (AvgIpc) is 3.06. The number of benzene rings is 2. The third kappa shape index (κ3) is 4.31. The summed E-state index contributed by atoms with van der Waals surface area (Å²) in [6.07, 6.45) is 0.212. The van der Waals surface area contributed by atoms with Gasteiger partial charge in [0.15, 0.2) is 0 Å². The number of ether oxygens (including phenoxy) is 1. The van der Waals surface area contributed by atoms with E-state index in [2.05, 4.69) is 4.74 Å². The second-order valence-corrected chi connectivity index (χ2v) is 9.57. The Morgan fingerprint density at radius 1 is 1.12 bits per heavy atom. The predicted molar refractivity (Wildman–Crippen MR) is 119 cm³/mol. The van der Waals surface area contributed by atoms with E-state index in [1.165, 1.54) is 43.5 Å². The van der Waals surface area contributed by atoms with Crippen LogP contribution in [0.15, 0.2) is 53.4 Å². The quantitative estimate of drug-likeness (QED) is 0.467. The van der Waals surface area contributed by atoms with Crippen LogP contribution in [0.3, 0.4) is 0 Å². The van der Waals surface area contributed by atoms with Crippen molar-refractivity contribution in [2.24, 2.45) is 0 Å². The zero-order valence-electron chi connectivity index (χ0n) is 18.4. The van der Waals surface area contributed by atoms with Crippen LogP contribution in [0.2, 0.25) is 0 Å². The van der Waals surface area contributed by atoms with Gasteiger partial charge in [-0.1, -0.05) is 24.6 Å². The van der Waals surface area contributed by atoms with Gasteiger partial charge in [-0.15, -0.1) is 0 Å². The molecular formula is C23H26N2O6S. The Hall–Kier alpha value is -3.04. The van der Waals surface area contributed by atoms with Gasteiger partial charge in [0, 0.05) is 6.04 Å². The van der Waals surface area contributed by atoms with Crippen LogP contribution in [0.25, 0.3) is 0 Å². The van der Waals surface area contributed by atoms with Crippen molar-refractivity contribution in [2.75, 3.05) is 12.0 Å². The third-order valence-corrected chi connectivity index (χ3v) is 7.64. The molecule has 8 nitrogen and oxygen atoms in total. The van der Waals surface area contributed by atoms with Gasteiger partial charge in [-0.2, -0.15) is 4.31 Å². The van der Waals surface area contributed by atoms with Gasteiger partial charge >= 0.3 is 5.97 Å². The zero-order valence-corrected chi connectivity index (χ0v) is 19.3. The van der Waals surface area contributed by atoms with Crippen molar-refractivity contribution >= 4 is 33.5 Å². The number of imide groups is 1. The van der Waals surface area contributed by atoms with Gasteiger partial charge in [0.25, 0.3) is 5.91 Å². The molecule has 2 unspecified atom stereocenters. The molecule has 170 valence electrons. The molecule has 32 heavy (non-hydrogen) atoms. The number of esters is 1. The molecule has 0 radical (unpaired) electrons. The lowest BCUT2D eigenvalue weighted by Gasteiger charge is -2.31. The van der Waals surface area contributed by atoms with E-state index < -0.39 is 39.9 Å². The van der Waals surface area contributed by atoms with E-state index in [9.17, 15) is 22.8 Å². The first-order valence-electron chi connectivity index (χ1n) is 10.3. The summed E-state index contributed by atoms with van der Waals surface area (Å²) in [5, 5.41) is 0. The second kappa shape index (κ2) is 9.22. The number of amides is 2. The Morgan fingerprint density at radius 3 is 2.25 bits per heavy atom. The highest BCUT2D eigenvalue weighted by Crippen LogP contribution is 2.31. The second-order valence-electron chi connectivity index (χ2n) is 7.73. The van der Waals surface area contributed by atoms with Crippen LogP contribution >= 0.6 is 0 Å². The zero-order chi connectivity index (χ0) is 23.6. The van der Waals surface area contributed by atoms with Crippen molar-refractivity contribution in [1.29, 1.82) is 0 Å². The maximum absolute atomic E-state index is 13.5. The highest BCUT2D eigenvalue weighted by molar-refractivity contribution is 7.89. The van der Waals surface area contributed by atoms with Gasteiger partial charge < -0.3 is 4.74 Å². The number of sulfonamides is 1. The number of nitrogens with zero attached hydrogens (tertiary/aromatic N) is 2. The molecule has 0 spiro atoms. The van der Waals surface area contributed by atoms with E-state index in [4.69, 9.17) is 0 Å². The average molecular weight is 459 g/mol. The molecule has 3 rings (SSSR count). The van der Waals surface area contributed by atoms with Gasteiger partial charge in [0.1, 0.15) is 6.04 Å². The number of anilines is 1. The maximum Gasteiger partial charge on any atom is 0.337 e. The topological polar surface area (TPSA) is 101 Å². The normalized spacial score (nSPS) is 17.7. The minimum atomic E-state index is -4.02. The first-order valence-corrected chi connectivity index (χ1v) is 11.7. The largest absolute Gasteiger partial charge is 0.465 e. The molecule has 0 aliphatic carbocycles. The van der Waals surface area contributed by atoms with Crippen molar-refractivity contribution in [3.05, 3.63) is 59.7 Å². The van der Waals surface area contributed by atoms with Crippen LogP contribution in [0.5, 0.6) is 0 Å². The molecule has 0 N–H and O–H groups in total. The van der Waals surface area contributed by atoms with Crippen LogP contribution in [-0.4, -0.2) is 49.7 Å². The molecule has 2 amide bonds. The molecule has 0 bridgehead atoms. The summed E-state index contributed by atoms with van der Waals surface area (Å²) in [6, 6.07) is 10.6. The van der Waals surface area contributed by atoms with E-state index in [0.717, 1.165) is 14.8 Å². The van der Waals surface area contributed by atoms with E-state index >= 15 is 0 Å². The van der Waals surface area contributed by atoms with E-state index in [1.807, 2.05) is 13.8 Å².